The van der Waals surface area contributed by atoms with Gasteiger partial charge in [0.2, 0.25) is 0 Å². The molecule has 0 radical (unpaired) electrons. The minimum absolute atomic E-state index is 1.20. The molecule has 0 bridgehead atoms. The van der Waals surface area contributed by atoms with Crippen LogP contribution in [0.1, 0.15) is 13.8 Å². The molecule has 0 aliphatic rings. The molecule has 0 fully saturated rings. The lowest BCUT2D eigenvalue weighted by Crippen LogP contribution is -2.09. The molecule has 4 aromatic rings. The second kappa shape index (κ2) is 7.18. The molecule has 24 heavy (non-hydrogen) atoms. The van der Waals surface area contributed by atoms with E-state index >= 15 is 0 Å². The Bertz CT molecular complexity index is 877. The molecule has 0 saturated heterocycles. The van der Waals surface area contributed by atoms with Gasteiger partial charge in [-0.15, -0.1) is 0 Å². The molecule has 0 N–H and O–H groups in total. The average molecular weight is 313 g/mol. The fourth-order valence-electron chi connectivity index (χ4n) is 2.92. The molecular formula is C23H23N. The number of hydrogen-bond acceptors (Lipinski definition) is 1. The van der Waals surface area contributed by atoms with Gasteiger partial charge in [-0.3, -0.25) is 0 Å². The quantitative estimate of drug-likeness (QED) is 0.394. The number of anilines is 2. The van der Waals surface area contributed by atoms with E-state index in [9.17, 15) is 0 Å². The molecular weight excluding hydrogens is 290 g/mol. The highest BCUT2D eigenvalue weighted by Crippen LogP contribution is 2.29. The van der Waals surface area contributed by atoms with Crippen molar-refractivity contribution in [2.75, 3.05) is 11.9 Å². The molecule has 0 atom stereocenters. The van der Waals surface area contributed by atoms with Crippen LogP contribution in [-0.4, -0.2) is 7.05 Å². The van der Waals surface area contributed by atoms with Crippen molar-refractivity contribution in [3.8, 4) is 0 Å². The molecule has 0 heterocycles. The van der Waals surface area contributed by atoms with E-state index in [0.29, 0.717) is 0 Å². The first-order valence-electron chi connectivity index (χ1n) is 8.53. The fraction of sp³-hybridized carbons (Fsp3) is 0.130. The van der Waals surface area contributed by atoms with E-state index in [2.05, 4.69) is 96.9 Å². The molecule has 4 rings (SSSR count). The molecule has 1 heteroatoms. The Labute approximate surface area is 144 Å². The lowest BCUT2D eigenvalue weighted by Gasteiger charge is -2.20. The highest BCUT2D eigenvalue weighted by atomic mass is 15.1. The number of rotatable bonds is 2. The van der Waals surface area contributed by atoms with Crippen molar-refractivity contribution >= 4 is 32.9 Å². The van der Waals surface area contributed by atoms with Gasteiger partial charge >= 0.3 is 0 Å². The van der Waals surface area contributed by atoms with Gasteiger partial charge in [-0.1, -0.05) is 74.5 Å². The molecule has 1 nitrogen and oxygen atoms in total. The van der Waals surface area contributed by atoms with Crippen molar-refractivity contribution in [2.45, 2.75) is 13.8 Å². The fourth-order valence-corrected chi connectivity index (χ4v) is 2.92. The van der Waals surface area contributed by atoms with Crippen LogP contribution in [-0.2, 0) is 0 Å². The summed E-state index contributed by atoms with van der Waals surface area (Å²) in [5.41, 5.74) is 2.41. The normalized spacial score (nSPS) is 10.3. The largest absolute Gasteiger partial charge is 0.345 e. The first-order valence-corrected chi connectivity index (χ1v) is 8.53. The summed E-state index contributed by atoms with van der Waals surface area (Å²) in [6.45, 7) is 4.00. The van der Waals surface area contributed by atoms with Crippen LogP contribution in [0.15, 0.2) is 84.9 Å². The smallest absolute Gasteiger partial charge is 0.0414 e. The predicted molar refractivity (Wildman–Crippen MR) is 107 cm³/mol. The molecule has 0 unspecified atom stereocenters. The maximum atomic E-state index is 2.24. The molecule has 4 aromatic carbocycles. The summed E-state index contributed by atoms with van der Waals surface area (Å²) in [5, 5.41) is 5.09. The Morgan fingerprint density at radius 1 is 0.500 bits per heavy atom. The van der Waals surface area contributed by atoms with Crippen LogP contribution < -0.4 is 4.90 Å². The first-order chi connectivity index (χ1) is 11.8. The van der Waals surface area contributed by atoms with Gasteiger partial charge in [0, 0.05) is 18.4 Å². The van der Waals surface area contributed by atoms with E-state index in [0.717, 1.165) is 0 Å². The van der Waals surface area contributed by atoms with Gasteiger partial charge < -0.3 is 4.90 Å². The van der Waals surface area contributed by atoms with Crippen LogP contribution in [0.25, 0.3) is 21.5 Å². The van der Waals surface area contributed by atoms with Crippen LogP contribution >= 0.6 is 0 Å². The van der Waals surface area contributed by atoms with Gasteiger partial charge in [-0.05, 0) is 45.8 Å². The van der Waals surface area contributed by atoms with E-state index in [1.807, 2.05) is 13.8 Å². The van der Waals surface area contributed by atoms with Gasteiger partial charge in [-0.2, -0.15) is 0 Å². The van der Waals surface area contributed by atoms with Gasteiger partial charge in [0.1, 0.15) is 0 Å². The van der Waals surface area contributed by atoms with Gasteiger partial charge in [0.15, 0.2) is 0 Å². The highest BCUT2D eigenvalue weighted by Gasteiger charge is 2.05. The summed E-state index contributed by atoms with van der Waals surface area (Å²) in [7, 11) is 2.12. The van der Waals surface area contributed by atoms with Crippen molar-refractivity contribution < 1.29 is 0 Å². The van der Waals surface area contributed by atoms with E-state index in [-0.39, 0.29) is 0 Å². The maximum Gasteiger partial charge on any atom is 0.0414 e. The first kappa shape index (κ1) is 16.1. The third-order valence-electron chi connectivity index (χ3n) is 4.24. The molecule has 0 aliphatic heterocycles. The topological polar surface area (TPSA) is 3.24 Å². The zero-order chi connectivity index (χ0) is 16.9. The Balaban J connectivity index is 0.000000815. The van der Waals surface area contributed by atoms with Crippen molar-refractivity contribution in [3.05, 3.63) is 84.9 Å². The SMILES string of the molecule is CC.CN(c1ccc2ccccc2c1)c1ccc2ccccc2c1. The minimum Gasteiger partial charge on any atom is -0.345 e. The number of benzene rings is 4. The molecule has 0 aliphatic carbocycles. The molecule has 0 aromatic heterocycles. The summed E-state index contributed by atoms with van der Waals surface area (Å²) in [5.74, 6) is 0. The van der Waals surface area contributed by atoms with Crippen LogP contribution in [0, 0.1) is 0 Å². The molecule has 0 saturated carbocycles. The number of fused-ring (bicyclic) bond motifs is 2. The number of hydrogen-bond donors (Lipinski definition) is 0. The third kappa shape index (κ3) is 3.11. The summed E-state index contributed by atoms with van der Waals surface area (Å²) < 4.78 is 0. The summed E-state index contributed by atoms with van der Waals surface area (Å²) >= 11 is 0. The minimum atomic E-state index is 1.20. The molecule has 0 amide bonds. The Morgan fingerprint density at radius 3 is 1.29 bits per heavy atom. The standard InChI is InChI=1S/C21H17N.C2H6/c1-22(20-12-10-16-6-2-4-8-18(16)14-20)21-13-11-17-7-3-5-9-19(17)15-21;1-2/h2-15H,1H3;1-2H3. The zero-order valence-corrected chi connectivity index (χ0v) is 14.5. The van der Waals surface area contributed by atoms with E-state index in [1.54, 1.807) is 0 Å². The predicted octanol–water partition coefficient (Wildman–Crippen LogP) is 6.79. The van der Waals surface area contributed by atoms with E-state index in [4.69, 9.17) is 0 Å². The summed E-state index contributed by atoms with van der Waals surface area (Å²) in [4.78, 5) is 2.24. The second-order valence-electron chi connectivity index (χ2n) is 5.62. The van der Waals surface area contributed by atoms with Crippen molar-refractivity contribution in [3.63, 3.8) is 0 Å². The highest BCUT2D eigenvalue weighted by molar-refractivity contribution is 5.89. The van der Waals surface area contributed by atoms with Gasteiger partial charge in [0.25, 0.3) is 0 Å². The van der Waals surface area contributed by atoms with E-state index < -0.39 is 0 Å². The lowest BCUT2D eigenvalue weighted by molar-refractivity contribution is 1.22. The summed E-state index contributed by atoms with van der Waals surface area (Å²) in [6, 6.07) is 30.1. The molecule has 0 spiro atoms. The van der Waals surface area contributed by atoms with Crippen LogP contribution in [0.5, 0.6) is 0 Å². The number of nitrogens with zero attached hydrogens (tertiary/aromatic N) is 1. The average Bonchev–Trinajstić information content (AvgIpc) is 2.68. The maximum absolute atomic E-state index is 2.24. The van der Waals surface area contributed by atoms with E-state index in [1.165, 1.54) is 32.9 Å². The Morgan fingerprint density at radius 2 is 0.875 bits per heavy atom. The monoisotopic (exact) mass is 313 g/mol. The van der Waals surface area contributed by atoms with Crippen LogP contribution in [0.2, 0.25) is 0 Å². The van der Waals surface area contributed by atoms with Crippen molar-refractivity contribution in [1.29, 1.82) is 0 Å². The van der Waals surface area contributed by atoms with Gasteiger partial charge in [-0.25, -0.2) is 0 Å². The third-order valence-corrected chi connectivity index (χ3v) is 4.24. The zero-order valence-electron chi connectivity index (χ0n) is 14.5. The Hall–Kier alpha value is -2.80. The lowest BCUT2D eigenvalue weighted by atomic mass is 10.1. The Kier molecular flexibility index (Phi) is 4.81. The van der Waals surface area contributed by atoms with Gasteiger partial charge in [0.05, 0.1) is 0 Å². The van der Waals surface area contributed by atoms with Crippen molar-refractivity contribution in [2.24, 2.45) is 0 Å². The van der Waals surface area contributed by atoms with Crippen LogP contribution in [0.4, 0.5) is 11.4 Å². The summed E-state index contributed by atoms with van der Waals surface area (Å²) in [6.07, 6.45) is 0. The van der Waals surface area contributed by atoms with Crippen molar-refractivity contribution in [1.82, 2.24) is 0 Å². The van der Waals surface area contributed by atoms with Crippen LogP contribution in [0.3, 0.4) is 0 Å². The second-order valence-corrected chi connectivity index (χ2v) is 5.62. The molecule has 120 valence electrons.